The zero-order chi connectivity index (χ0) is 65.4. The van der Waals surface area contributed by atoms with Crippen molar-refractivity contribution >= 4 is 63.9 Å². The molecule has 3 aliphatic heterocycles. The van der Waals surface area contributed by atoms with Crippen molar-refractivity contribution in [3.8, 4) is 22.6 Å². The minimum Gasteiger partial charge on any atom is -0.716 e. The van der Waals surface area contributed by atoms with E-state index in [4.69, 9.17) is 9.47 Å². The lowest BCUT2D eigenvalue weighted by molar-refractivity contribution is -0.147. The van der Waals surface area contributed by atoms with Gasteiger partial charge in [-0.05, 0) is 67.6 Å². The van der Waals surface area contributed by atoms with E-state index < -0.39 is 205 Å². The highest BCUT2D eigenvalue weighted by Crippen LogP contribution is 2.44. The lowest BCUT2D eigenvalue weighted by Crippen LogP contribution is -2.64. The van der Waals surface area contributed by atoms with Crippen molar-refractivity contribution in [2.75, 3.05) is 39.3 Å². The summed E-state index contributed by atoms with van der Waals surface area (Å²) in [6.07, 6.45) is -16.4. The number of hydrogen-bond donors (Lipinski definition) is 14. The van der Waals surface area contributed by atoms with Crippen molar-refractivity contribution in [1.82, 2.24) is 47.0 Å². The van der Waals surface area contributed by atoms with Crippen LogP contribution in [-0.4, -0.2) is 230 Å². The topological polar surface area (TPSA) is 471 Å². The number of ether oxygens (including phenoxy) is 2. The number of aromatic hydroxyl groups is 1. The first kappa shape index (κ1) is 68.3. The molecule has 2 unspecified atom stereocenters. The Morgan fingerprint density at radius 3 is 1.98 bits per heavy atom. The number of rotatable bonds is 15. The molecule has 3 fully saturated rings. The molecule has 3 aromatic rings. The van der Waals surface area contributed by atoms with Gasteiger partial charge in [0.1, 0.15) is 48.5 Å². The van der Waals surface area contributed by atoms with E-state index in [9.17, 15) is 87.1 Å². The van der Waals surface area contributed by atoms with Crippen LogP contribution in [0.3, 0.4) is 0 Å². The largest absolute Gasteiger partial charge is 0.716 e. The van der Waals surface area contributed by atoms with Crippen LogP contribution in [-0.2, 0) is 59.9 Å². The van der Waals surface area contributed by atoms with Crippen molar-refractivity contribution in [1.29, 1.82) is 0 Å². The normalized spacial score (nSPS) is 25.8. The molecule has 13 atom stereocenters. The predicted molar refractivity (Wildman–Crippen MR) is 306 cm³/mol. The van der Waals surface area contributed by atoms with Gasteiger partial charge in [-0.25, -0.2) is 18.0 Å². The highest BCUT2D eigenvalue weighted by molar-refractivity contribution is 7.81. The molecule has 0 radical (unpaired) electrons. The molecule has 31 nitrogen and oxygen atoms in total. The summed E-state index contributed by atoms with van der Waals surface area (Å²) >= 11 is 0. The Kier molecular flexibility index (Phi) is 22.2. The number of hydrogen-bond acceptors (Lipinski definition) is 22. The average molecular weight is 1270 g/mol. The second-order valence-electron chi connectivity index (χ2n) is 23.3. The smallest absolute Gasteiger partial charge is 0.408 e. The average Bonchev–Trinajstić information content (AvgIpc) is 1.68. The van der Waals surface area contributed by atoms with Crippen LogP contribution in [0.15, 0.2) is 66.7 Å². The maximum Gasteiger partial charge on any atom is 0.408 e. The summed E-state index contributed by atoms with van der Waals surface area (Å²) in [4.78, 5) is 128. The molecular formula is C57H74N9O22S-. The fraction of sp³-hybridized carbons (Fsp3) is 0.526. The SMILES string of the molecule is C[C@@H](O)C1NC(=O)C(NC(=O)OC(C)(C)C)C[C@@H](O)CNC(=O)[C@@H]2[C@@H](O)[C@@H](C)CN2C(=O)[C@H]([C@H](O)CC(=O)NCCNC(=O)OCC2c3ccccc3-c3ccccc32)NC(=O)[C@H]([C@H](O)Cc2ccc(O)c(OS(=O)(=O)[O-])c2)NC(=O)[C@@H]2C[C@@H](O)CN2C1=O. The number of alkyl carbamates (subject to hydrolysis) is 2. The van der Waals surface area contributed by atoms with Gasteiger partial charge in [0.15, 0.2) is 11.5 Å². The van der Waals surface area contributed by atoms with Crippen LogP contribution >= 0.6 is 0 Å². The van der Waals surface area contributed by atoms with Gasteiger partial charge in [-0.1, -0.05) is 61.5 Å². The van der Waals surface area contributed by atoms with Crippen molar-refractivity contribution in [2.45, 2.75) is 145 Å². The van der Waals surface area contributed by atoms with Gasteiger partial charge >= 0.3 is 12.2 Å². The minimum absolute atomic E-state index is 0.0261. The molecule has 32 heteroatoms. The fourth-order valence-corrected chi connectivity index (χ4v) is 11.3. The van der Waals surface area contributed by atoms with Crippen molar-refractivity contribution in [3.05, 3.63) is 83.4 Å². The molecule has 0 bridgehead atoms. The third kappa shape index (κ3) is 17.6. The van der Waals surface area contributed by atoms with Gasteiger partial charge in [0, 0.05) is 63.8 Å². The van der Waals surface area contributed by atoms with E-state index in [-0.39, 0.29) is 31.2 Å². The minimum atomic E-state index is -5.51. The van der Waals surface area contributed by atoms with E-state index >= 15 is 4.79 Å². The van der Waals surface area contributed by atoms with E-state index in [1.807, 2.05) is 48.5 Å². The molecule has 486 valence electrons. The third-order valence-electron chi connectivity index (χ3n) is 15.2. The first-order chi connectivity index (χ1) is 41.8. The van der Waals surface area contributed by atoms with Crippen molar-refractivity contribution in [2.24, 2.45) is 5.92 Å². The van der Waals surface area contributed by atoms with Gasteiger partial charge < -0.3 is 101 Å². The zero-order valence-electron chi connectivity index (χ0n) is 49.1. The second kappa shape index (κ2) is 28.9. The molecule has 1 aliphatic carbocycles. The number of carbonyl (C=O) groups excluding carboxylic acids is 9. The predicted octanol–water partition coefficient (Wildman–Crippen LogP) is -3.68. The first-order valence-corrected chi connectivity index (χ1v) is 29.8. The maximum absolute atomic E-state index is 15.0. The Morgan fingerprint density at radius 1 is 0.742 bits per heavy atom. The monoisotopic (exact) mass is 1270 g/mol. The number of nitrogens with one attached hydrogen (secondary N) is 7. The number of aliphatic hydroxyl groups excluding tert-OH is 6. The number of carbonyl (C=O) groups is 9. The summed E-state index contributed by atoms with van der Waals surface area (Å²) < 4.78 is 49.7. The van der Waals surface area contributed by atoms with E-state index in [0.717, 1.165) is 57.2 Å². The summed E-state index contributed by atoms with van der Waals surface area (Å²) in [5, 5.41) is 95.2. The molecule has 0 saturated carbocycles. The molecule has 9 amide bonds. The van der Waals surface area contributed by atoms with Crippen LogP contribution in [0.25, 0.3) is 11.1 Å². The van der Waals surface area contributed by atoms with E-state index in [1.54, 1.807) is 0 Å². The van der Waals surface area contributed by atoms with Crippen molar-refractivity contribution < 1.29 is 106 Å². The molecule has 3 saturated heterocycles. The quantitative estimate of drug-likeness (QED) is 0.0396. The fourth-order valence-electron chi connectivity index (χ4n) is 11.0. The van der Waals surface area contributed by atoms with Crippen LogP contribution in [0.5, 0.6) is 11.5 Å². The van der Waals surface area contributed by atoms with Gasteiger partial charge in [-0.2, -0.15) is 0 Å². The van der Waals surface area contributed by atoms with Crippen LogP contribution in [0.4, 0.5) is 9.59 Å². The Morgan fingerprint density at radius 2 is 1.35 bits per heavy atom. The van der Waals surface area contributed by atoms with Crippen LogP contribution in [0.2, 0.25) is 0 Å². The molecular weight excluding hydrogens is 1190 g/mol. The van der Waals surface area contributed by atoms with Crippen LogP contribution in [0, 0.1) is 5.92 Å². The molecule has 3 heterocycles. The lowest BCUT2D eigenvalue weighted by atomic mass is 9.98. The van der Waals surface area contributed by atoms with E-state index in [2.05, 4.69) is 41.4 Å². The van der Waals surface area contributed by atoms with Gasteiger partial charge in [-0.3, -0.25) is 33.6 Å². The number of phenols is 1. The number of fused-ring (bicyclic) bond motifs is 5. The number of phenolic OH excluding ortho intramolecular Hbond substituents is 1. The number of benzene rings is 3. The van der Waals surface area contributed by atoms with Crippen LogP contribution < -0.4 is 41.4 Å². The summed E-state index contributed by atoms with van der Waals surface area (Å²) in [7, 11) is -5.51. The summed E-state index contributed by atoms with van der Waals surface area (Å²) in [5.74, 6) is -11.8. The molecule has 89 heavy (non-hydrogen) atoms. The van der Waals surface area contributed by atoms with Gasteiger partial charge in [-0.15, -0.1) is 0 Å². The number of β-amino-alcohol motifs (C(OH)–C–C–N with tert-alkyl or cyclic N) is 1. The van der Waals surface area contributed by atoms with Gasteiger partial charge in [0.2, 0.25) is 41.4 Å². The highest BCUT2D eigenvalue weighted by atomic mass is 32.3. The van der Waals surface area contributed by atoms with Crippen LogP contribution in [0.1, 0.15) is 76.5 Å². The highest BCUT2D eigenvalue weighted by Gasteiger charge is 2.50. The van der Waals surface area contributed by atoms with Gasteiger partial charge in [0.25, 0.3) is 10.4 Å². The molecule has 0 spiro atoms. The van der Waals surface area contributed by atoms with E-state index in [1.165, 1.54) is 27.7 Å². The Bertz CT molecular complexity index is 3210. The van der Waals surface area contributed by atoms with Crippen molar-refractivity contribution in [3.63, 3.8) is 0 Å². The van der Waals surface area contributed by atoms with Gasteiger partial charge in [0.05, 0.1) is 43.0 Å². The number of nitrogens with zero attached hydrogens (tertiary/aromatic N) is 2. The Hall–Kier alpha value is -8.24. The molecule has 0 aromatic heterocycles. The summed E-state index contributed by atoms with van der Waals surface area (Å²) in [6.45, 7) is 4.60. The Labute approximate surface area is 510 Å². The molecule has 7 rings (SSSR count). The standard InChI is InChI=1S/C57H75N9O22S/c1-27-24-66-47(48(27)74)52(78)60-23-30(68)20-37(61-56(82)87-57(3,4)5)49(75)62-44(28(2)67)53(79)65-25-31(69)21-38(65)50(76)63-45(40(71)18-29-14-15-39(70)42(19-29)88-89(83,84)85)51(77)64-46(54(66)80)41(72)22-43(73)58-16-17-59-55(81)86-26-36-34-12-8-6-10-32(34)33-11-7-9-13-35(33)36/h6-15,19,27-28,30-31,36-38,40-41,44-48,67-72,74H,16-18,20-26H2,1-5H3,(H,58,73)(H,59,81)(H,60,78)(H,61,82)(H,62,75)(H,63,76)(H,64,77)(H,83,84,85)/p-1/t27-,28+,30+,31+,37?,38-,40+,41+,44?,45-,46-,47-,48-/m0/s1. The second-order valence-corrected chi connectivity index (χ2v) is 24.3. The first-order valence-electron chi connectivity index (χ1n) is 28.5. The summed E-state index contributed by atoms with van der Waals surface area (Å²) in [6, 6.07) is 5.88. The molecule has 4 aliphatic rings. The number of aliphatic hydroxyl groups is 6. The third-order valence-corrected chi connectivity index (χ3v) is 15.6. The molecule has 3 aromatic carbocycles. The zero-order valence-corrected chi connectivity index (χ0v) is 49.9. The lowest BCUT2D eigenvalue weighted by Gasteiger charge is -2.34. The Balaban J connectivity index is 1.18. The number of amides is 9. The molecule has 14 N–H and O–H groups in total. The van der Waals surface area contributed by atoms with E-state index in [0.29, 0.717) is 0 Å². The maximum atomic E-state index is 15.0. The summed E-state index contributed by atoms with van der Waals surface area (Å²) in [5.41, 5.74) is 2.61.